The van der Waals surface area contributed by atoms with Gasteiger partial charge in [0.25, 0.3) is 0 Å². The molecule has 146 valence electrons. The fraction of sp³-hybridized carbons (Fsp3) is 0.435. The number of carboxylic acid groups (broad SMARTS) is 1. The Labute approximate surface area is 171 Å². The Morgan fingerprint density at radius 2 is 1.93 bits per heavy atom. The minimum absolute atomic E-state index is 0.0963. The molecule has 1 aliphatic heterocycles. The molecule has 0 radical (unpaired) electrons. The molecular formula is C23H25N2O2S-. The van der Waals surface area contributed by atoms with E-state index in [4.69, 9.17) is 0 Å². The maximum Gasteiger partial charge on any atom is 0.131 e. The first-order valence-electron chi connectivity index (χ1n) is 9.49. The maximum atomic E-state index is 10.6. The van der Waals surface area contributed by atoms with Crippen molar-refractivity contribution < 1.29 is 9.90 Å². The lowest BCUT2D eigenvalue weighted by Gasteiger charge is -2.42. The Balaban J connectivity index is 1.96. The van der Waals surface area contributed by atoms with Crippen molar-refractivity contribution in [2.75, 3.05) is 0 Å². The van der Waals surface area contributed by atoms with Crippen molar-refractivity contribution in [1.82, 2.24) is 9.97 Å². The van der Waals surface area contributed by atoms with Crippen LogP contribution in [0.15, 0.2) is 29.4 Å². The lowest BCUT2D eigenvalue weighted by molar-refractivity contribution is -0.304. The van der Waals surface area contributed by atoms with Gasteiger partial charge >= 0.3 is 0 Å². The van der Waals surface area contributed by atoms with E-state index in [0.29, 0.717) is 11.4 Å². The summed E-state index contributed by atoms with van der Waals surface area (Å²) in [4.78, 5) is 20.3. The van der Waals surface area contributed by atoms with Crippen molar-refractivity contribution in [1.29, 1.82) is 0 Å². The molecule has 0 bridgehead atoms. The Bertz CT molecular complexity index is 967. The fourth-order valence-corrected chi connectivity index (χ4v) is 5.60. The highest BCUT2D eigenvalue weighted by molar-refractivity contribution is 8.00. The Morgan fingerprint density at radius 3 is 2.54 bits per heavy atom. The van der Waals surface area contributed by atoms with Crippen LogP contribution < -0.4 is 5.11 Å². The molecule has 5 heteroatoms. The summed E-state index contributed by atoms with van der Waals surface area (Å²) in [7, 11) is 0. The van der Waals surface area contributed by atoms with Gasteiger partial charge < -0.3 is 9.90 Å². The molecule has 28 heavy (non-hydrogen) atoms. The van der Waals surface area contributed by atoms with Crippen LogP contribution in [0.1, 0.15) is 69.1 Å². The number of nitrogens with zero attached hydrogens (tertiary/aromatic N) is 2. The number of aliphatic carboxylic acids is 1. The van der Waals surface area contributed by atoms with E-state index in [0.717, 1.165) is 18.4 Å². The van der Waals surface area contributed by atoms with Gasteiger partial charge in [-0.3, -0.25) is 4.98 Å². The Kier molecular flexibility index (Phi) is 5.54. The number of hydrogen-bond donors (Lipinski definition) is 0. The summed E-state index contributed by atoms with van der Waals surface area (Å²) < 4.78 is 0.220. The van der Waals surface area contributed by atoms with Gasteiger partial charge in [0.15, 0.2) is 0 Å². The zero-order chi connectivity index (χ0) is 20.5. The van der Waals surface area contributed by atoms with Crippen LogP contribution in [0.2, 0.25) is 0 Å². The lowest BCUT2D eigenvalue weighted by atomic mass is 9.76. The Morgan fingerprint density at radius 1 is 1.18 bits per heavy atom. The van der Waals surface area contributed by atoms with Gasteiger partial charge in [-0.05, 0) is 47.4 Å². The van der Waals surface area contributed by atoms with E-state index in [1.54, 1.807) is 0 Å². The number of hydrogen-bond acceptors (Lipinski definition) is 5. The van der Waals surface area contributed by atoms with Crippen LogP contribution in [0.5, 0.6) is 0 Å². The molecule has 4 nitrogen and oxygen atoms in total. The molecule has 0 saturated carbocycles. The maximum absolute atomic E-state index is 10.6. The molecular weight excluding hydrogens is 368 g/mol. The minimum atomic E-state index is -1.17. The SMILES string of the molecule is CCc1cc2c(cc1C#Cc1cnc(CC(=O)[O-])cn1)C(C)(C)CC(C)(C)S2. The van der Waals surface area contributed by atoms with Crippen molar-refractivity contribution in [2.24, 2.45) is 0 Å². The number of rotatable bonds is 3. The molecule has 1 aromatic heterocycles. The molecule has 0 N–H and O–H groups in total. The minimum Gasteiger partial charge on any atom is -0.550 e. The van der Waals surface area contributed by atoms with Crippen molar-refractivity contribution in [3.8, 4) is 11.8 Å². The average Bonchev–Trinajstić information content (AvgIpc) is 2.58. The smallest absolute Gasteiger partial charge is 0.131 e. The second kappa shape index (κ2) is 7.60. The molecule has 0 unspecified atom stereocenters. The number of thioether (sulfide) groups is 1. The predicted molar refractivity (Wildman–Crippen MR) is 110 cm³/mol. The van der Waals surface area contributed by atoms with Gasteiger partial charge in [-0.2, -0.15) is 0 Å². The summed E-state index contributed by atoms with van der Waals surface area (Å²) >= 11 is 1.95. The van der Waals surface area contributed by atoms with Crippen molar-refractivity contribution in [3.63, 3.8) is 0 Å². The number of aryl methyl sites for hydroxylation is 1. The highest BCUT2D eigenvalue weighted by Crippen LogP contribution is 2.51. The van der Waals surface area contributed by atoms with Gasteiger partial charge in [0.2, 0.25) is 0 Å². The first kappa shape index (κ1) is 20.4. The van der Waals surface area contributed by atoms with Gasteiger partial charge in [-0.1, -0.05) is 40.5 Å². The third-order valence-corrected chi connectivity index (χ3v) is 6.18. The quantitative estimate of drug-likeness (QED) is 0.749. The summed E-state index contributed by atoms with van der Waals surface area (Å²) in [5.41, 5.74) is 4.60. The second-order valence-corrected chi connectivity index (χ2v) is 10.2. The van der Waals surface area contributed by atoms with Crippen LogP contribution >= 0.6 is 11.8 Å². The summed E-state index contributed by atoms with van der Waals surface area (Å²) in [6.07, 6.45) is 4.73. The predicted octanol–water partition coefficient (Wildman–Crippen LogP) is 3.28. The first-order valence-corrected chi connectivity index (χ1v) is 10.3. The highest BCUT2D eigenvalue weighted by atomic mass is 32.2. The molecule has 2 aromatic rings. The molecule has 2 heterocycles. The fourth-order valence-electron chi connectivity index (χ4n) is 3.93. The Hall–Kier alpha value is -2.32. The molecule has 1 aromatic carbocycles. The van der Waals surface area contributed by atoms with Crippen molar-refractivity contribution in [2.45, 2.75) is 68.9 Å². The average molecular weight is 394 g/mol. The van der Waals surface area contributed by atoms with E-state index in [1.807, 2.05) is 11.8 Å². The normalized spacial score (nSPS) is 16.6. The van der Waals surface area contributed by atoms with Crippen LogP contribution in [-0.2, 0) is 23.1 Å². The van der Waals surface area contributed by atoms with Crippen LogP contribution in [0.4, 0.5) is 0 Å². The van der Waals surface area contributed by atoms with Crippen LogP contribution in [-0.4, -0.2) is 20.7 Å². The van der Waals surface area contributed by atoms with E-state index in [2.05, 4.69) is 68.6 Å². The van der Waals surface area contributed by atoms with Crippen LogP contribution in [0, 0.1) is 11.8 Å². The number of fused-ring (bicyclic) bond motifs is 1. The summed E-state index contributed by atoms with van der Waals surface area (Å²) in [5, 5.41) is 10.6. The number of carbonyl (C=O) groups is 1. The van der Waals surface area contributed by atoms with Crippen molar-refractivity contribution >= 4 is 17.7 Å². The molecule has 0 atom stereocenters. The second-order valence-electron chi connectivity index (χ2n) is 8.47. The molecule has 0 fully saturated rings. The van der Waals surface area contributed by atoms with E-state index >= 15 is 0 Å². The highest BCUT2D eigenvalue weighted by Gasteiger charge is 2.38. The van der Waals surface area contributed by atoms with E-state index in [-0.39, 0.29) is 16.6 Å². The molecule has 1 aliphatic rings. The van der Waals surface area contributed by atoms with Gasteiger partial charge in [0, 0.05) is 27.6 Å². The number of carbonyl (C=O) groups excluding carboxylic acids is 1. The van der Waals surface area contributed by atoms with Gasteiger partial charge in [-0.15, -0.1) is 11.8 Å². The van der Waals surface area contributed by atoms with E-state index in [9.17, 15) is 9.90 Å². The lowest BCUT2D eigenvalue weighted by Crippen LogP contribution is -2.33. The zero-order valence-electron chi connectivity index (χ0n) is 17.0. The molecule has 0 amide bonds. The standard InChI is InChI=1S/C23H26N2O2S/c1-6-15-10-20-19(22(2,3)14-23(4,5)28-20)9-16(15)7-8-17-12-25-18(13-24-17)11-21(26)27/h9-10,12-13H,6,11,14H2,1-5H3,(H,26,27)/p-1. The van der Waals surface area contributed by atoms with E-state index in [1.165, 1.54) is 28.4 Å². The van der Waals surface area contributed by atoms with Gasteiger partial charge in [0.1, 0.15) is 5.69 Å². The van der Waals surface area contributed by atoms with Gasteiger partial charge in [0.05, 0.1) is 18.1 Å². The third-order valence-electron chi connectivity index (χ3n) is 4.93. The third kappa shape index (κ3) is 4.56. The van der Waals surface area contributed by atoms with E-state index < -0.39 is 5.97 Å². The molecule has 0 saturated heterocycles. The molecule has 0 spiro atoms. The first-order chi connectivity index (χ1) is 13.1. The topological polar surface area (TPSA) is 65.9 Å². The number of carboxylic acids is 1. The van der Waals surface area contributed by atoms with Crippen molar-refractivity contribution in [3.05, 3.63) is 52.6 Å². The zero-order valence-corrected chi connectivity index (χ0v) is 17.9. The van der Waals surface area contributed by atoms with Gasteiger partial charge in [-0.25, -0.2) is 4.98 Å². The summed E-state index contributed by atoms with van der Waals surface area (Å²) in [6.45, 7) is 11.4. The number of benzene rings is 1. The molecule has 3 rings (SSSR count). The summed E-state index contributed by atoms with van der Waals surface area (Å²) in [5.74, 6) is 5.16. The van der Waals surface area contributed by atoms with Crippen LogP contribution in [0.3, 0.4) is 0 Å². The molecule has 0 aliphatic carbocycles. The van der Waals surface area contributed by atoms with Crippen LogP contribution in [0.25, 0.3) is 0 Å². The summed E-state index contributed by atoms with van der Waals surface area (Å²) in [6, 6.07) is 4.53. The number of aromatic nitrogens is 2. The largest absolute Gasteiger partial charge is 0.550 e. The monoisotopic (exact) mass is 393 g/mol.